The topological polar surface area (TPSA) is 96.5 Å². The first-order valence-corrected chi connectivity index (χ1v) is 6.46. The fourth-order valence-corrected chi connectivity index (χ4v) is 2.43. The molecule has 1 unspecified atom stereocenters. The van der Waals surface area contributed by atoms with Crippen LogP contribution in [0.1, 0.15) is 19.8 Å². The van der Waals surface area contributed by atoms with E-state index in [0.717, 1.165) is 26.5 Å². The summed E-state index contributed by atoms with van der Waals surface area (Å²) in [4.78, 5) is 10.7. The van der Waals surface area contributed by atoms with Crippen LogP contribution in [0.15, 0.2) is 0 Å². The number of carbonyl (C=O) groups is 1. The van der Waals surface area contributed by atoms with Crippen molar-refractivity contribution in [2.75, 3.05) is 20.2 Å². The van der Waals surface area contributed by atoms with Crippen molar-refractivity contribution in [1.29, 1.82) is 0 Å². The molecule has 1 rings (SSSR count). The van der Waals surface area contributed by atoms with Crippen molar-refractivity contribution in [1.82, 2.24) is 14.8 Å². The van der Waals surface area contributed by atoms with Crippen LogP contribution in [0.25, 0.3) is 0 Å². The molecule has 7 nitrogen and oxygen atoms in total. The Labute approximate surface area is 95.1 Å². The highest BCUT2D eigenvalue weighted by Crippen LogP contribution is 2.17. The SMILES string of the molecule is COC(=O)NS(=O)(=O)NCC1(C)CCCN1. The van der Waals surface area contributed by atoms with Gasteiger partial charge in [0, 0.05) is 12.1 Å². The summed E-state index contributed by atoms with van der Waals surface area (Å²) in [7, 11) is -2.73. The van der Waals surface area contributed by atoms with Gasteiger partial charge >= 0.3 is 16.3 Å². The maximum atomic E-state index is 11.3. The largest absolute Gasteiger partial charge is 0.452 e. The third-order valence-electron chi connectivity index (χ3n) is 2.51. The Morgan fingerprint density at radius 1 is 1.56 bits per heavy atom. The first-order chi connectivity index (χ1) is 7.37. The highest BCUT2D eigenvalue weighted by molar-refractivity contribution is 7.88. The lowest BCUT2D eigenvalue weighted by Gasteiger charge is -2.24. The van der Waals surface area contributed by atoms with Gasteiger partial charge in [-0.2, -0.15) is 13.1 Å². The van der Waals surface area contributed by atoms with Crippen LogP contribution in [-0.2, 0) is 14.9 Å². The third-order valence-corrected chi connectivity index (χ3v) is 3.47. The Kier molecular flexibility index (Phi) is 4.11. The van der Waals surface area contributed by atoms with Crippen LogP contribution in [0.5, 0.6) is 0 Å². The van der Waals surface area contributed by atoms with Gasteiger partial charge < -0.3 is 10.1 Å². The average Bonchev–Trinajstić information content (AvgIpc) is 2.63. The lowest BCUT2D eigenvalue weighted by atomic mass is 10.0. The Morgan fingerprint density at radius 3 is 2.75 bits per heavy atom. The minimum atomic E-state index is -3.83. The van der Waals surface area contributed by atoms with E-state index in [4.69, 9.17) is 0 Å². The summed E-state index contributed by atoms with van der Waals surface area (Å²) in [6.45, 7) is 3.04. The highest BCUT2D eigenvalue weighted by Gasteiger charge is 2.29. The van der Waals surface area contributed by atoms with Gasteiger partial charge in [-0.1, -0.05) is 0 Å². The second-order valence-electron chi connectivity index (χ2n) is 4.01. The van der Waals surface area contributed by atoms with E-state index in [0.29, 0.717) is 0 Å². The summed E-state index contributed by atoms with van der Waals surface area (Å²) >= 11 is 0. The van der Waals surface area contributed by atoms with Gasteiger partial charge in [0.15, 0.2) is 0 Å². The summed E-state index contributed by atoms with van der Waals surface area (Å²) in [5, 5.41) is 3.20. The van der Waals surface area contributed by atoms with Crippen LogP contribution in [-0.4, -0.2) is 40.2 Å². The first kappa shape index (κ1) is 13.2. The van der Waals surface area contributed by atoms with E-state index in [1.54, 1.807) is 4.72 Å². The van der Waals surface area contributed by atoms with Crippen LogP contribution in [0, 0.1) is 0 Å². The van der Waals surface area contributed by atoms with E-state index >= 15 is 0 Å². The molecule has 0 aromatic heterocycles. The van der Waals surface area contributed by atoms with Crippen LogP contribution in [0.3, 0.4) is 0 Å². The van der Waals surface area contributed by atoms with Crippen molar-refractivity contribution in [2.24, 2.45) is 0 Å². The molecule has 1 atom stereocenters. The minimum Gasteiger partial charge on any atom is -0.452 e. The molecule has 1 heterocycles. The van der Waals surface area contributed by atoms with E-state index in [-0.39, 0.29) is 12.1 Å². The molecule has 94 valence electrons. The highest BCUT2D eigenvalue weighted by atomic mass is 32.2. The maximum Gasteiger partial charge on any atom is 0.421 e. The lowest BCUT2D eigenvalue weighted by Crippen LogP contribution is -2.50. The molecule has 0 aromatic carbocycles. The van der Waals surface area contributed by atoms with Gasteiger partial charge in [-0.25, -0.2) is 9.52 Å². The van der Waals surface area contributed by atoms with E-state index in [9.17, 15) is 13.2 Å². The molecule has 0 saturated carbocycles. The number of hydrogen-bond acceptors (Lipinski definition) is 5. The molecule has 1 amide bonds. The van der Waals surface area contributed by atoms with Gasteiger partial charge in [0.2, 0.25) is 0 Å². The van der Waals surface area contributed by atoms with Crippen LogP contribution >= 0.6 is 0 Å². The summed E-state index contributed by atoms with van der Waals surface area (Å²) in [6.07, 6.45) is 0.910. The first-order valence-electron chi connectivity index (χ1n) is 4.97. The summed E-state index contributed by atoms with van der Waals surface area (Å²) in [6, 6.07) is 0. The molecule has 3 N–H and O–H groups in total. The van der Waals surface area contributed by atoms with Gasteiger partial charge in [-0.15, -0.1) is 0 Å². The second-order valence-corrected chi connectivity index (χ2v) is 5.51. The van der Waals surface area contributed by atoms with Crippen molar-refractivity contribution in [3.63, 3.8) is 0 Å². The fraction of sp³-hybridized carbons (Fsp3) is 0.875. The maximum absolute atomic E-state index is 11.3. The van der Waals surface area contributed by atoms with Gasteiger partial charge in [-0.3, -0.25) is 0 Å². The van der Waals surface area contributed by atoms with E-state index in [1.165, 1.54) is 0 Å². The average molecular weight is 251 g/mol. The van der Waals surface area contributed by atoms with Crippen molar-refractivity contribution in [3.8, 4) is 0 Å². The number of amides is 1. The van der Waals surface area contributed by atoms with E-state index < -0.39 is 16.3 Å². The molecule has 1 saturated heterocycles. The van der Waals surface area contributed by atoms with Crippen molar-refractivity contribution in [3.05, 3.63) is 0 Å². The van der Waals surface area contributed by atoms with Gasteiger partial charge in [0.1, 0.15) is 0 Å². The Hall–Kier alpha value is -0.860. The standard InChI is InChI=1S/C8H17N3O4S/c1-8(4-3-5-9-8)6-10-16(13,14)11-7(12)15-2/h9-10H,3-6H2,1-2H3,(H,11,12). The lowest BCUT2D eigenvalue weighted by molar-refractivity contribution is 0.177. The molecule has 0 bridgehead atoms. The third kappa shape index (κ3) is 3.95. The van der Waals surface area contributed by atoms with Gasteiger partial charge in [0.05, 0.1) is 7.11 Å². The summed E-state index contributed by atoms with van der Waals surface area (Å²) in [5.74, 6) is 0. The number of rotatable bonds is 4. The molecule has 0 aromatic rings. The van der Waals surface area contributed by atoms with E-state index in [2.05, 4.69) is 14.8 Å². The minimum absolute atomic E-state index is 0.235. The zero-order valence-electron chi connectivity index (χ0n) is 9.37. The number of hydrogen-bond donors (Lipinski definition) is 3. The van der Waals surface area contributed by atoms with E-state index in [1.807, 2.05) is 6.92 Å². The van der Waals surface area contributed by atoms with Crippen molar-refractivity contribution in [2.45, 2.75) is 25.3 Å². The smallest absolute Gasteiger partial charge is 0.421 e. The summed E-state index contributed by atoms with van der Waals surface area (Å²) < 4.78 is 30.9. The van der Waals surface area contributed by atoms with Crippen LogP contribution in [0.2, 0.25) is 0 Å². The number of carbonyl (C=O) groups excluding carboxylic acids is 1. The molecule has 8 heteroatoms. The molecule has 16 heavy (non-hydrogen) atoms. The monoisotopic (exact) mass is 251 g/mol. The Bertz CT molecular complexity index is 348. The molecule has 1 aliphatic heterocycles. The molecular formula is C8H17N3O4S. The Morgan fingerprint density at radius 2 is 2.25 bits per heavy atom. The van der Waals surface area contributed by atoms with Crippen LogP contribution < -0.4 is 14.8 Å². The fourth-order valence-electron chi connectivity index (χ4n) is 1.55. The molecule has 1 fully saturated rings. The predicted molar refractivity (Wildman–Crippen MR) is 58.1 cm³/mol. The van der Waals surface area contributed by atoms with Gasteiger partial charge in [0.25, 0.3) is 0 Å². The normalized spacial score (nSPS) is 25.4. The molecular weight excluding hydrogens is 234 g/mol. The van der Waals surface area contributed by atoms with Crippen LogP contribution in [0.4, 0.5) is 4.79 Å². The quantitative estimate of drug-likeness (QED) is 0.615. The summed E-state index contributed by atoms with van der Waals surface area (Å²) in [5.41, 5.74) is -0.245. The van der Waals surface area contributed by atoms with Gasteiger partial charge in [-0.05, 0) is 26.3 Å². The van der Waals surface area contributed by atoms with Crippen molar-refractivity contribution >= 4 is 16.3 Å². The number of nitrogens with one attached hydrogen (secondary N) is 3. The molecule has 0 aliphatic carbocycles. The second kappa shape index (κ2) is 4.98. The Balaban J connectivity index is 2.44. The van der Waals surface area contributed by atoms with Crippen molar-refractivity contribution < 1.29 is 17.9 Å². The molecule has 0 radical (unpaired) electrons. The molecule has 0 spiro atoms. The number of methoxy groups -OCH3 is 1. The zero-order valence-corrected chi connectivity index (χ0v) is 10.2. The zero-order chi connectivity index (χ0) is 12.2. The predicted octanol–water partition coefficient (Wildman–Crippen LogP) is -0.681. The molecule has 1 aliphatic rings. The number of ether oxygens (including phenoxy) is 1.